The molecule has 0 bridgehead atoms. The van der Waals surface area contributed by atoms with E-state index >= 15 is 0 Å². The van der Waals surface area contributed by atoms with Gasteiger partial charge in [-0.3, -0.25) is 0 Å². The van der Waals surface area contributed by atoms with Gasteiger partial charge >= 0.3 is 0 Å². The predicted octanol–water partition coefficient (Wildman–Crippen LogP) is 1.41. The van der Waals surface area contributed by atoms with Crippen molar-refractivity contribution in [1.82, 2.24) is 9.03 Å². The second-order valence-electron chi connectivity index (χ2n) is 5.70. The van der Waals surface area contributed by atoms with Crippen LogP contribution in [0.5, 0.6) is 5.75 Å². The van der Waals surface area contributed by atoms with Crippen molar-refractivity contribution in [1.29, 1.82) is 0 Å². The Morgan fingerprint density at radius 3 is 2.64 bits per heavy atom. The number of thiophene rings is 1. The van der Waals surface area contributed by atoms with Gasteiger partial charge in [-0.05, 0) is 35.9 Å². The van der Waals surface area contributed by atoms with E-state index in [-0.39, 0.29) is 15.6 Å². The van der Waals surface area contributed by atoms with Crippen LogP contribution in [0.1, 0.15) is 10.4 Å². The van der Waals surface area contributed by atoms with E-state index in [4.69, 9.17) is 4.74 Å². The molecule has 1 aromatic heterocycles. The zero-order valence-electron chi connectivity index (χ0n) is 13.7. The number of benzene rings is 1. The number of nitrogens with zero attached hydrogens (tertiary/aromatic N) is 1. The van der Waals surface area contributed by atoms with Gasteiger partial charge < -0.3 is 4.74 Å². The molecule has 136 valence electrons. The molecule has 25 heavy (non-hydrogen) atoms. The highest BCUT2D eigenvalue weighted by Crippen LogP contribution is 2.28. The molecule has 10 heteroatoms. The lowest BCUT2D eigenvalue weighted by molar-refractivity contribution is 0.356. The molecule has 0 amide bonds. The minimum Gasteiger partial charge on any atom is -0.493 e. The smallest absolute Gasteiger partial charge is 0.252 e. The highest BCUT2D eigenvalue weighted by molar-refractivity contribution is 7.91. The van der Waals surface area contributed by atoms with Gasteiger partial charge in [-0.2, -0.15) is 0 Å². The second kappa shape index (κ2) is 6.69. The first kappa shape index (κ1) is 18.3. The highest BCUT2D eigenvalue weighted by atomic mass is 32.2. The maximum Gasteiger partial charge on any atom is 0.252 e. The van der Waals surface area contributed by atoms with Gasteiger partial charge in [-0.1, -0.05) is 0 Å². The van der Waals surface area contributed by atoms with Gasteiger partial charge in [-0.25, -0.2) is 25.9 Å². The Kier molecular flexibility index (Phi) is 4.91. The predicted molar refractivity (Wildman–Crippen MR) is 94.9 cm³/mol. The van der Waals surface area contributed by atoms with E-state index in [9.17, 15) is 16.8 Å². The topological polar surface area (TPSA) is 92.8 Å². The summed E-state index contributed by atoms with van der Waals surface area (Å²) in [5.41, 5.74) is 0.873. The lowest BCUT2D eigenvalue weighted by atomic mass is 10.2. The standard InChI is InChI=1S/C15H18N2O5S3/c1-17(2)25(20,21)15-6-3-12(23-15)10-16-24(18,19)13-4-5-14-11(9-13)7-8-22-14/h3-6,9,16H,7-8,10H2,1-2H3. The normalized spacial score (nSPS) is 14.5. The van der Waals surface area contributed by atoms with Gasteiger partial charge in [-0.15, -0.1) is 11.3 Å². The van der Waals surface area contributed by atoms with Gasteiger partial charge in [0.1, 0.15) is 9.96 Å². The van der Waals surface area contributed by atoms with Crippen LogP contribution in [0.15, 0.2) is 39.4 Å². The van der Waals surface area contributed by atoms with Crippen molar-refractivity contribution >= 4 is 31.4 Å². The van der Waals surface area contributed by atoms with Crippen molar-refractivity contribution in [3.63, 3.8) is 0 Å². The monoisotopic (exact) mass is 402 g/mol. The summed E-state index contributed by atoms with van der Waals surface area (Å²) in [5, 5.41) is 0. The first-order valence-corrected chi connectivity index (χ1v) is 11.2. The van der Waals surface area contributed by atoms with Crippen molar-refractivity contribution in [3.8, 4) is 5.75 Å². The quantitative estimate of drug-likeness (QED) is 0.789. The molecule has 3 rings (SSSR count). The molecule has 1 aromatic carbocycles. The highest BCUT2D eigenvalue weighted by Gasteiger charge is 2.21. The van der Waals surface area contributed by atoms with E-state index < -0.39 is 20.0 Å². The molecule has 0 atom stereocenters. The Hall–Kier alpha value is -1.46. The summed E-state index contributed by atoms with van der Waals surface area (Å²) in [6, 6.07) is 7.87. The van der Waals surface area contributed by atoms with Gasteiger partial charge in [0.05, 0.1) is 11.5 Å². The summed E-state index contributed by atoms with van der Waals surface area (Å²) in [7, 11) is -4.28. The molecule has 7 nitrogen and oxygen atoms in total. The molecule has 0 spiro atoms. The van der Waals surface area contributed by atoms with E-state index in [1.165, 1.54) is 26.2 Å². The van der Waals surface area contributed by atoms with Crippen LogP contribution in [-0.4, -0.2) is 41.8 Å². The third-order valence-electron chi connectivity index (χ3n) is 3.78. The Labute approximate surface area is 151 Å². The number of rotatable bonds is 6. The number of nitrogens with one attached hydrogen (secondary N) is 1. The number of hydrogen-bond acceptors (Lipinski definition) is 6. The zero-order chi connectivity index (χ0) is 18.2. The largest absolute Gasteiger partial charge is 0.493 e. The van der Waals surface area contributed by atoms with E-state index in [0.717, 1.165) is 27.0 Å². The van der Waals surface area contributed by atoms with Gasteiger partial charge in [0.15, 0.2) is 0 Å². The summed E-state index contributed by atoms with van der Waals surface area (Å²) in [5.74, 6) is 0.718. The number of fused-ring (bicyclic) bond motifs is 1. The van der Waals surface area contributed by atoms with Crippen LogP contribution < -0.4 is 9.46 Å². The maximum atomic E-state index is 12.4. The fourth-order valence-electron chi connectivity index (χ4n) is 2.35. The molecule has 2 aromatic rings. The van der Waals surface area contributed by atoms with Gasteiger partial charge in [0.2, 0.25) is 10.0 Å². The van der Waals surface area contributed by atoms with E-state index in [0.29, 0.717) is 17.9 Å². The molecule has 1 N–H and O–H groups in total. The van der Waals surface area contributed by atoms with Crippen LogP contribution in [0, 0.1) is 0 Å². The summed E-state index contributed by atoms with van der Waals surface area (Å²) >= 11 is 1.05. The lowest BCUT2D eigenvalue weighted by Gasteiger charge is -2.09. The molecule has 0 fully saturated rings. The third-order valence-corrected chi connectivity index (χ3v) is 8.55. The minimum atomic E-state index is -3.68. The Morgan fingerprint density at radius 1 is 1.16 bits per heavy atom. The fourth-order valence-corrected chi connectivity index (χ4v) is 5.96. The third kappa shape index (κ3) is 3.72. The summed E-state index contributed by atoms with van der Waals surface area (Å²) in [6.45, 7) is 0.591. The Morgan fingerprint density at radius 2 is 1.92 bits per heavy atom. The first-order chi connectivity index (χ1) is 11.7. The van der Waals surface area contributed by atoms with Crippen LogP contribution in [0.3, 0.4) is 0 Å². The molecule has 0 radical (unpaired) electrons. The van der Waals surface area contributed by atoms with Crippen molar-refractivity contribution in [2.24, 2.45) is 0 Å². The van der Waals surface area contributed by atoms with Crippen molar-refractivity contribution < 1.29 is 21.6 Å². The van der Waals surface area contributed by atoms with E-state index in [2.05, 4.69) is 4.72 Å². The molecular formula is C15H18N2O5S3. The van der Waals surface area contributed by atoms with Crippen LogP contribution in [-0.2, 0) is 33.0 Å². The summed E-state index contributed by atoms with van der Waals surface area (Å²) in [4.78, 5) is 0.794. The van der Waals surface area contributed by atoms with Gasteiger partial charge in [0.25, 0.3) is 10.0 Å². The van der Waals surface area contributed by atoms with Crippen LogP contribution in [0.4, 0.5) is 0 Å². The number of sulfonamides is 2. The Bertz CT molecular complexity index is 994. The average Bonchev–Trinajstić information content (AvgIpc) is 3.21. The average molecular weight is 403 g/mol. The van der Waals surface area contributed by atoms with Crippen molar-refractivity contribution in [3.05, 3.63) is 40.8 Å². The van der Waals surface area contributed by atoms with E-state index in [1.54, 1.807) is 18.2 Å². The lowest BCUT2D eigenvalue weighted by Crippen LogP contribution is -2.23. The van der Waals surface area contributed by atoms with Crippen LogP contribution >= 0.6 is 11.3 Å². The van der Waals surface area contributed by atoms with Gasteiger partial charge in [0, 0.05) is 31.9 Å². The van der Waals surface area contributed by atoms with Crippen molar-refractivity contribution in [2.45, 2.75) is 22.1 Å². The van der Waals surface area contributed by atoms with E-state index in [1.807, 2.05) is 0 Å². The molecule has 0 aliphatic carbocycles. The van der Waals surface area contributed by atoms with Crippen LogP contribution in [0.2, 0.25) is 0 Å². The molecule has 0 saturated heterocycles. The SMILES string of the molecule is CN(C)S(=O)(=O)c1ccc(CNS(=O)(=O)c2ccc3c(c2)CCO3)s1. The first-order valence-electron chi connectivity index (χ1n) is 7.47. The maximum absolute atomic E-state index is 12.4. The molecular weight excluding hydrogens is 384 g/mol. The molecule has 2 heterocycles. The second-order valence-corrected chi connectivity index (χ2v) is 11.0. The number of ether oxygens (including phenoxy) is 1. The fraction of sp³-hybridized carbons (Fsp3) is 0.333. The number of hydrogen-bond donors (Lipinski definition) is 1. The Balaban J connectivity index is 1.74. The van der Waals surface area contributed by atoms with Crippen LogP contribution in [0.25, 0.3) is 0 Å². The summed E-state index contributed by atoms with van der Waals surface area (Å²) < 4.78 is 58.2. The summed E-state index contributed by atoms with van der Waals surface area (Å²) in [6.07, 6.45) is 0.690. The van der Waals surface area contributed by atoms with Crippen molar-refractivity contribution in [2.75, 3.05) is 20.7 Å². The minimum absolute atomic E-state index is 0.0313. The molecule has 1 aliphatic rings. The molecule has 0 saturated carbocycles. The molecule has 0 unspecified atom stereocenters. The molecule has 1 aliphatic heterocycles. The zero-order valence-corrected chi connectivity index (χ0v) is 16.2.